The Morgan fingerprint density at radius 3 is 2.79 bits per heavy atom. The lowest BCUT2D eigenvalue weighted by Gasteiger charge is -2.06. The van der Waals surface area contributed by atoms with Crippen LogP contribution in [0.4, 0.5) is 0 Å². The number of rotatable bonds is 3. The smallest absolute Gasteiger partial charge is 0.277 e. The molecule has 5 nitrogen and oxygen atoms in total. The molecule has 1 aromatic carbocycles. The third kappa shape index (κ3) is 2.61. The maximum Gasteiger partial charge on any atom is 0.277 e. The molecule has 0 bridgehead atoms. The number of hydrogen-bond donors (Lipinski definition) is 0. The fourth-order valence-corrected chi connectivity index (χ4v) is 2.93. The first kappa shape index (κ1) is 16.0. The molecular weight excluding hydrogens is 302 g/mol. The van der Waals surface area contributed by atoms with Gasteiger partial charge in [0.15, 0.2) is 5.58 Å². The van der Waals surface area contributed by atoms with Crippen LogP contribution >= 0.6 is 0 Å². The summed E-state index contributed by atoms with van der Waals surface area (Å²) in [7, 11) is 1.66. The highest BCUT2D eigenvalue weighted by Gasteiger charge is 2.21. The lowest BCUT2D eigenvalue weighted by atomic mass is 10.0. The molecule has 0 spiro atoms. The van der Waals surface area contributed by atoms with E-state index < -0.39 is 0 Å². The van der Waals surface area contributed by atoms with Crippen LogP contribution in [0.3, 0.4) is 0 Å². The van der Waals surface area contributed by atoms with Gasteiger partial charge in [-0.25, -0.2) is 4.68 Å². The van der Waals surface area contributed by atoms with Gasteiger partial charge in [0.1, 0.15) is 11.5 Å². The second-order valence-electron chi connectivity index (χ2n) is 6.43. The van der Waals surface area contributed by atoms with Crippen molar-refractivity contribution in [1.29, 1.82) is 5.26 Å². The van der Waals surface area contributed by atoms with Gasteiger partial charge in [0.25, 0.3) is 5.56 Å². The number of benzene rings is 1. The fourth-order valence-electron chi connectivity index (χ4n) is 2.93. The molecule has 0 amide bonds. The first-order valence-electron chi connectivity index (χ1n) is 7.92. The van der Waals surface area contributed by atoms with E-state index in [0.717, 1.165) is 23.2 Å². The van der Waals surface area contributed by atoms with Gasteiger partial charge in [-0.2, -0.15) is 10.4 Å². The Labute approximate surface area is 140 Å². The molecule has 5 heteroatoms. The second kappa shape index (κ2) is 5.97. The maximum atomic E-state index is 12.5. The summed E-state index contributed by atoms with van der Waals surface area (Å²) in [5.41, 5.74) is 3.31. The van der Waals surface area contributed by atoms with Crippen LogP contribution in [0.25, 0.3) is 22.3 Å². The summed E-state index contributed by atoms with van der Waals surface area (Å²) in [6, 6.07) is 9.33. The van der Waals surface area contributed by atoms with Crippen molar-refractivity contribution < 1.29 is 4.42 Å². The predicted molar refractivity (Wildman–Crippen MR) is 92.7 cm³/mol. The molecule has 122 valence electrons. The van der Waals surface area contributed by atoms with E-state index in [1.807, 2.05) is 19.1 Å². The summed E-state index contributed by atoms with van der Waals surface area (Å²) in [6.07, 6.45) is 0.731. The molecule has 2 aromatic heterocycles. The minimum Gasteiger partial charge on any atom is -0.454 e. The molecule has 0 saturated carbocycles. The predicted octanol–water partition coefficient (Wildman–Crippen LogP) is 3.57. The summed E-state index contributed by atoms with van der Waals surface area (Å²) in [6.45, 7) is 6.08. The standard InChI is InChI=1S/C19H19N3O2/c1-11(2)8-15-18-16(19(23)22(4)21-15)12(3)17(24-18)14-7-5-6-13(9-14)10-20/h5-7,9,11H,8H2,1-4H3. The van der Waals surface area contributed by atoms with Crippen LogP contribution in [0.1, 0.15) is 30.7 Å². The zero-order valence-electron chi connectivity index (χ0n) is 14.3. The van der Waals surface area contributed by atoms with Gasteiger partial charge in [0.2, 0.25) is 0 Å². The van der Waals surface area contributed by atoms with Crippen LogP contribution in [0, 0.1) is 24.2 Å². The number of hydrogen-bond acceptors (Lipinski definition) is 4. The molecule has 0 aliphatic carbocycles. The molecule has 0 atom stereocenters. The maximum absolute atomic E-state index is 12.5. The molecule has 0 aliphatic rings. The first-order valence-corrected chi connectivity index (χ1v) is 7.92. The van der Waals surface area contributed by atoms with Crippen LogP contribution in [-0.4, -0.2) is 9.78 Å². The van der Waals surface area contributed by atoms with Crippen molar-refractivity contribution in [2.45, 2.75) is 27.2 Å². The Kier molecular flexibility index (Phi) is 3.98. The van der Waals surface area contributed by atoms with Crippen LogP contribution in [-0.2, 0) is 13.5 Å². The number of nitrogens with zero attached hydrogens (tertiary/aromatic N) is 3. The van der Waals surface area contributed by atoms with Gasteiger partial charge >= 0.3 is 0 Å². The molecule has 0 fully saturated rings. The molecule has 0 aliphatic heterocycles. The second-order valence-corrected chi connectivity index (χ2v) is 6.43. The Morgan fingerprint density at radius 2 is 2.12 bits per heavy atom. The Bertz CT molecular complexity index is 1020. The van der Waals surface area contributed by atoms with Gasteiger partial charge < -0.3 is 4.42 Å². The molecule has 3 aromatic rings. The van der Waals surface area contributed by atoms with Gasteiger partial charge in [0, 0.05) is 18.2 Å². The number of fused-ring (bicyclic) bond motifs is 1. The van der Waals surface area contributed by atoms with E-state index in [2.05, 4.69) is 25.0 Å². The lowest BCUT2D eigenvalue weighted by Crippen LogP contribution is -2.21. The number of aromatic nitrogens is 2. The number of nitriles is 1. The Balaban J connectivity index is 2.32. The van der Waals surface area contributed by atoms with Crippen molar-refractivity contribution >= 4 is 11.0 Å². The summed E-state index contributed by atoms with van der Waals surface area (Å²) >= 11 is 0. The van der Waals surface area contributed by atoms with E-state index in [-0.39, 0.29) is 5.56 Å². The minimum absolute atomic E-state index is 0.165. The average Bonchev–Trinajstić information content (AvgIpc) is 2.90. The highest BCUT2D eigenvalue weighted by molar-refractivity contribution is 5.88. The molecule has 24 heavy (non-hydrogen) atoms. The third-order valence-electron chi connectivity index (χ3n) is 4.04. The Hall–Kier alpha value is -2.87. The molecule has 0 unspecified atom stereocenters. The summed E-state index contributed by atoms with van der Waals surface area (Å²) in [5.74, 6) is 1.02. The molecule has 0 saturated heterocycles. The quantitative estimate of drug-likeness (QED) is 0.739. The highest BCUT2D eigenvalue weighted by Crippen LogP contribution is 2.33. The molecule has 0 radical (unpaired) electrons. The Morgan fingerprint density at radius 1 is 1.38 bits per heavy atom. The van der Waals surface area contributed by atoms with Gasteiger partial charge in [-0.3, -0.25) is 4.79 Å². The van der Waals surface area contributed by atoms with Gasteiger partial charge in [-0.1, -0.05) is 26.0 Å². The summed E-state index contributed by atoms with van der Waals surface area (Å²) in [4.78, 5) is 12.5. The van der Waals surface area contributed by atoms with Gasteiger partial charge in [-0.15, -0.1) is 0 Å². The van der Waals surface area contributed by atoms with Crippen molar-refractivity contribution in [2.24, 2.45) is 13.0 Å². The van der Waals surface area contributed by atoms with Crippen LogP contribution in [0.5, 0.6) is 0 Å². The van der Waals surface area contributed by atoms with Crippen LogP contribution in [0.15, 0.2) is 33.5 Å². The van der Waals surface area contributed by atoms with Crippen LogP contribution in [0.2, 0.25) is 0 Å². The van der Waals surface area contributed by atoms with E-state index >= 15 is 0 Å². The highest BCUT2D eigenvalue weighted by atomic mass is 16.3. The number of furan rings is 1. The monoisotopic (exact) mass is 321 g/mol. The van der Waals surface area contributed by atoms with Crippen LogP contribution < -0.4 is 5.56 Å². The third-order valence-corrected chi connectivity index (χ3v) is 4.04. The van der Waals surface area contributed by atoms with E-state index in [4.69, 9.17) is 9.68 Å². The van der Waals surface area contributed by atoms with Gasteiger partial charge in [0.05, 0.1) is 17.0 Å². The topological polar surface area (TPSA) is 71.8 Å². The fraction of sp³-hybridized carbons (Fsp3) is 0.316. The minimum atomic E-state index is -0.165. The normalized spacial score (nSPS) is 11.2. The van der Waals surface area contributed by atoms with Crippen molar-refractivity contribution in [2.75, 3.05) is 0 Å². The average molecular weight is 321 g/mol. The lowest BCUT2D eigenvalue weighted by molar-refractivity contribution is 0.571. The van der Waals surface area contributed by atoms with Crippen molar-refractivity contribution in [3.05, 3.63) is 51.4 Å². The zero-order chi connectivity index (χ0) is 17.4. The van der Waals surface area contributed by atoms with E-state index in [1.54, 1.807) is 19.2 Å². The largest absolute Gasteiger partial charge is 0.454 e. The number of aryl methyl sites for hydroxylation is 2. The summed E-state index contributed by atoms with van der Waals surface area (Å²) < 4.78 is 7.44. The first-order chi connectivity index (χ1) is 11.4. The molecule has 0 N–H and O–H groups in total. The molecule has 2 heterocycles. The van der Waals surface area contributed by atoms with Gasteiger partial charge in [-0.05, 0) is 31.4 Å². The van der Waals surface area contributed by atoms with Crippen molar-refractivity contribution in [3.63, 3.8) is 0 Å². The SMILES string of the molecule is Cc1c(-c2cccc(C#N)c2)oc2c(CC(C)C)nn(C)c(=O)c12. The van der Waals surface area contributed by atoms with E-state index in [1.165, 1.54) is 4.68 Å². The molecule has 3 rings (SSSR count). The zero-order valence-corrected chi connectivity index (χ0v) is 14.3. The van der Waals surface area contributed by atoms with Crippen molar-refractivity contribution in [1.82, 2.24) is 9.78 Å². The summed E-state index contributed by atoms with van der Waals surface area (Å²) in [5, 5.41) is 14.0. The van der Waals surface area contributed by atoms with E-state index in [9.17, 15) is 4.79 Å². The molecular formula is C19H19N3O2. The van der Waals surface area contributed by atoms with Crippen molar-refractivity contribution in [3.8, 4) is 17.4 Å². The van der Waals surface area contributed by atoms with E-state index in [0.29, 0.717) is 28.2 Å².